The highest BCUT2D eigenvalue weighted by atomic mass is 19.1. The van der Waals surface area contributed by atoms with E-state index in [2.05, 4.69) is 9.88 Å². The molecule has 3 rings (SSSR count). The molecule has 3 aromatic rings. The lowest BCUT2D eigenvalue weighted by Gasteiger charge is -2.25. The summed E-state index contributed by atoms with van der Waals surface area (Å²) in [5, 5.41) is 0.762. The predicted octanol–water partition coefficient (Wildman–Crippen LogP) is 3.89. The second-order valence-corrected chi connectivity index (χ2v) is 6.97. The van der Waals surface area contributed by atoms with E-state index in [1.807, 2.05) is 55.4 Å². The van der Waals surface area contributed by atoms with Gasteiger partial charge in [0.1, 0.15) is 5.82 Å². The number of fused-ring (bicyclic) bond motifs is 1. The Labute approximate surface area is 159 Å². The van der Waals surface area contributed by atoms with Crippen molar-refractivity contribution >= 4 is 16.8 Å². The van der Waals surface area contributed by atoms with E-state index in [1.54, 1.807) is 13.0 Å². The van der Waals surface area contributed by atoms with Crippen LogP contribution in [0.5, 0.6) is 0 Å². The Morgan fingerprint density at radius 3 is 2.48 bits per heavy atom. The molecule has 1 amide bonds. The summed E-state index contributed by atoms with van der Waals surface area (Å²) in [7, 11) is 3.98. The number of carbonyl (C=O) groups is 1. The van der Waals surface area contributed by atoms with Crippen LogP contribution in [-0.2, 0) is 6.54 Å². The van der Waals surface area contributed by atoms with Crippen molar-refractivity contribution in [3.8, 4) is 0 Å². The highest BCUT2D eigenvalue weighted by Gasteiger charge is 2.19. The molecular weight excluding hydrogens is 341 g/mol. The standard InChI is InChI=1S/C22H24FN3O/c1-16-20(13-18-9-10-19(23)14-21(18)24-16)22(27)26(12-11-25(2)3)15-17-7-5-4-6-8-17/h4-10,13-14H,11-12,15H2,1-3H3. The molecule has 4 nitrogen and oxygen atoms in total. The molecule has 0 aliphatic heterocycles. The van der Waals surface area contributed by atoms with E-state index in [0.717, 1.165) is 17.5 Å². The summed E-state index contributed by atoms with van der Waals surface area (Å²) in [5.74, 6) is -0.387. The number of aromatic nitrogens is 1. The number of carbonyl (C=O) groups excluding carboxylic acids is 1. The maximum atomic E-state index is 13.5. The van der Waals surface area contributed by atoms with E-state index < -0.39 is 0 Å². The Hall–Kier alpha value is -2.79. The molecule has 27 heavy (non-hydrogen) atoms. The number of benzene rings is 2. The topological polar surface area (TPSA) is 36.4 Å². The third-order valence-corrected chi connectivity index (χ3v) is 4.52. The van der Waals surface area contributed by atoms with Gasteiger partial charge in [-0.1, -0.05) is 30.3 Å². The number of nitrogens with zero attached hydrogens (tertiary/aromatic N) is 3. The summed E-state index contributed by atoms with van der Waals surface area (Å²) in [5.41, 5.74) is 2.81. The zero-order chi connectivity index (χ0) is 19.4. The first-order valence-electron chi connectivity index (χ1n) is 8.99. The first-order chi connectivity index (χ1) is 12.9. The van der Waals surface area contributed by atoms with Gasteiger partial charge in [-0.3, -0.25) is 9.78 Å². The van der Waals surface area contributed by atoms with Crippen molar-refractivity contribution in [2.24, 2.45) is 0 Å². The minimum atomic E-state index is -0.329. The lowest BCUT2D eigenvalue weighted by molar-refractivity contribution is 0.0731. The Bertz CT molecular complexity index is 941. The molecular formula is C22H24FN3O. The number of amides is 1. The van der Waals surface area contributed by atoms with Crippen molar-refractivity contribution in [1.29, 1.82) is 0 Å². The molecule has 0 bridgehead atoms. The summed E-state index contributed by atoms with van der Waals surface area (Å²) >= 11 is 0. The Morgan fingerprint density at radius 2 is 1.78 bits per heavy atom. The lowest BCUT2D eigenvalue weighted by atomic mass is 10.1. The molecule has 0 aliphatic carbocycles. The first-order valence-corrected chi connectivity index (χ1v) is 8.99. The SMILES string of the molecule is Cc1nc2cc(F)ccc2cc1C(=O)N(CCN(C)C)Cc1ccccc1. The van der Waals surface area contributed by atoms with Gasteiger partial charge in [-0.05, 0) is 44.8 Å². The van der Waals surface area contributed by atoms with Crippen LogP contribution in [0.15, 0.2) is 54.6 Å². The zero-order valence-electron chi connectivity index (χ0n) is 15.9. The number of pyridine rings is 1. The minimum Gasteiger partial charge on any atom is -0.333 e. The molecule has 1 aromatic heterocycles. The van der Waals surface area contributed by atoms with Crippen molar-refractivity contribution in [3.05, 3.63) is 77.2 Å². The summed E-state index contributed by atoms with van der Waals surface area (Å²) in [6.45, 7) is 3.71. The zero-order valence-corrected chi connectivity index (χ0v) is 15.9. The van der Waals surface area contributed by atoms with Gasteiger partial charge in [-0.15, -0.1) is 0 Å². The molecule has 1 heterocycles. The largest absolute Gasteiger partial charge is 0.333 e. The smallest absolute Gasteiger partial charge is 0.256 e. The monoisotopic (exact) mass is 365 g/mol. The van der Waals surface area contributed by atoms with Crippen molar-refractivity contribution in [3.63, 3.8) is 0 Å². The lowest BCUT2D eigenvalue weighted by Crippen LogP contribution is -2.36. The van der Waals surface area contributed by atoms with E-state index in [4.69, 9.17) is 0 Å². The van der Waals surface area contributed by atoms with Crippen molar-refractivity contribution in [2.75, 3.05) is 27.2 Å². The van der Waals surface area contributed by atoms with Gasteiger partial charge >= 0.3 is 0 Å². The molecule has 0 radical (unpaired) electrons. The Kier molecular flexibility index (Phi) is 5.81. The molecule has 5 heteroatoms. The van der Waals surface area contributed by atoms with E-state index >= 15 is 0 Å². The third kappa shape index (κ3) is 4.68. The van der Waals surface area contributed by atoms with E-state index in [-0.39, 0.29) is 11.7 Å². The average molecular weight is 365 g/mol. The number of aryl methyl sites for hydroxylation is 1. The van der Waals surface area contributed by atoms with Crippen molar-refractivity contribution < 1.29 is 9.18 Å². The Morgan fingerprint density at radius 1 is 1.04 bits per heavy atom. The van der Waals surface area contributed by atoms with Gasteiger partial charge in [0.15, 0.2) is 0 Å². The summed E-state index contributed by atoms with van der Waals surface area (Å²) in [6, 6.07) is 16.2. The molecule has 0 spiro atoms. The summed E-state index contributed by atoms with van der Waals surface area (Å²) in [4.78, 5) is 21.6. The highest BCUT2D eigenvalue weighted by molar-refractivity contribution is 5.98. The fourth-order valence-corrected chi connectivity index (χ4v) is 3.00. The third-order valence-electron chi connectivity index (χ3n) is 4.52. The molecule has 0 unspecified atom stereocenters. The predicted molar refractivity (Wildman–Crippen MR) is 106 cm³/mol. The molecule has 0 saturated heterocycles. The fourth-order valence-electron chi connectivity index (χ4n) is 3.00. The van der Waals surface area contributed by atoms with Crippen LogP contribution < -0.4 is 0 Å². The average Bonchev–Trinajstić information content (AvgIpc) is 2.64. The highest BCUT2D eigenvalue weighted by Crippen LogP contribution is 2.20. The molecule has 0 aliphatic rings. The fraction of sp³-hybridized carbons (Fsp3) is 0.273. The van der Waals surface area contributed by atoms with Gasteiger partial charge in [0, 0.05) is 31.1 Å². The number of hydrogen-bond donors (Lipinski definition) is 0. The molecule has 140 valence electrons. The van der Waals surface area contributed by atoms with Gasteiger partial charge in [0.25, 0.3) is 5.91 Å². The van der Waals surface area contributed by atoms with Gasteiger partial charge in [0.2, 0.25) is 0 Å². The molecule has 2 aromatic carbocycles. The second-order valence-electron chi connectivity index (χ2n) is 6.97. The number of hydrogen-bond acceptors (Lipinski definition) is 3. The maximum absolute atomic E-state index is 13.5. The van der Waals surface area contributed by atoms with Crippen molar-refractivity contribution in [2.45, 2.75) is 13.5 Å². The quantitative estimate of drug-likeness (QED) is 0.665. The van der Waals surface area contributed by atoms with Crippen LogP contribution in [0.2, 0.25) is 0 Å². The summed E-state index contributed by atoms with van der Waals surface area (Å²) < 4.78 is 13.5. The van der Waals surface area contributed by atoms with Gasteiger partial charge in [0.05, 0.1) is 16.8 Å². The number of rotatable bonds is 6. The maximum Gasteiger partial charge on any atom is 0.256 e. The van der Waals surface area contributed by atoms with Crippen LogP contribution in [0.4, 0.5) is 4.39 Å². The first kappa shape index (κ1) is 19.0. The number of likely N-dealkylation sites (N-methyl/N-ethyl adjacent to an activating group) is 1. The van der Waals surface area contributed by atoms with Gasteiger partial charge in [-0.2, -0.15) is 0 Å². The minimum absolute atomic E-state index is 0.0584. The van der Waals surface area contributed by atoms with E-state index in [0.29, 0.717) is 29.9 Å². The molecule has 0 saturated carbocycles. The van der Waals surface area contributed by atoms with E-state index in [9.17, 15) is 9.18 Å². The summed E-state index contributed by atoms with van der Waals surface area (Å²) in [6.07, 6.45) is 0. The molecule has 0 fully saturated rings. The van der Waals surface area contributed by atoms with Crippen LogP contribution in [0.3, 0.4) is 0 Å². The van der Waals surface area contributed by atoms with Crippen LogP contribution in [0.25, 0.3) is 10.9 Å². The molecule has 0 N–H and O–H groups in total. The number of halogens is 1. The van der Waals surface area contributed by atoms with Gasteiger partial charge in [-0.25, -0.2) is 4.39 Å². The normalized spacial score (nSPS) is 11.1. The second kappa shape index (κ2) is 8.27. The van der Waals surface area contributed by atoms with Crippen LogP contribution in [0.1, 0.15) is 21.6 Å². The molecule has 0 atom stereocenters. The van der Waals surface area contributed by atoms with Crippen LogP contribution in [0, 0.1) is 12.7 Å². The van der Waals surface area contributed by atoms with Gasteiger partial charge < -0.3 is 9.80 Å². The van der Waals surface area contributed by atoms with Crippen molar-refractivity contribution in [1.82, 2.24) is 14.8 Å². The Balaban J connectivity index is 1.93. The van der Waals surface area contributed by atoms with E-state index in [1.165, 1.54) is 12.1 Å². The van der Waals surface area contributed by atoms with Crippen LogP contribution in [-0.4, -0.2) is 47.9 Å². The van der Waals surface area contributed by atoms with Crippen LogP contribution >= 0.6 is 0 Å².